The molecule has 0 radical (unpaired) electrons. The number of hydrogen-bond donors (Lipinski definition) is 1. The molecule has 2 N–H and O–H groups in total. The predicted octanol–water partition coefficient (Wildman–Crippen LogP) is 1.54. The van der Waals surface area contributed by atoms with Crippen LogP contribution in [0.5, 0.6) is 0 Å². The highest BCUT2D eigenvalue weighted by atomic mass is 15.1. The normalized spacial score (nSPS) is 11.8. The minimum absolute atomic E-state index is 0.0462. The Morgan fingerprint density at radius 2 is 1.92 bits per heavy atom. The standard InChI is InChI=1S/C10H17N3/c1-7-8(6-11)5-9(13-12-7)10(2,3)4/h5H,6,11H2,1-4H3. The fourth-order valence-corrected chi connectivity index (χ4v) is 1.06. The van der Waals surface area contributed by atoms with Crippen molar-refractivity contribution in [1.82, 2.24) is 10.2 Å². The Labute approximate surface area is 79.4 Å². The Morgan fingerprint density at radius 3 is 2.38 bits per heavy atom. The summed E-state index contributed by atoms with van der Waals surface area (Å²) >= 11 is 0. The van der Waals surface area contributed by atoms with Gasteiger partial charge in [0.25, 0.3) is 0 Å². The van der Waals surface area contributed by atoms with Gasteiger partial charge >= 0.3 is 0 Å². The van der Waals surface area contributed by atoms with E-state index in [1.807, 2.05) is 13.0 Å². The minimum atomic E-state index is 0.0462. The molecule has 0 unspecified atom stereocenters. The molecule has 0 aliphatic rings. The van der Waals surface area contributed by atoms with Crippen LogP contribution in [0.4, 0.5) is 0 Å². The number of rotatable bonds is 1. The van der Waals surface area contributed by atoms with Crippen molar-refractivity contribution in [1.29, 1.82) is 0 Å². The molecule has 0 saturated heterocycles. The van der Waals surface area contributed by atoms with Crippen LogP contribution >= 0.6 is 0 Å². The Balaban J connectivity index is 3.14. The summed E-state index contributed by atoms with van der Waals surface area (Å²) in [7, 11) is 0. The molecule has 13 heavy (non-hydrogen) atoms. The lowest BCUT2D eigenvalue weighted by atomic mass is 9.91. The second-order valence-corrected chi connectivity index (χ2v) is 4.29. The SMILES string of the molecule is Cc1nnc(C(C)(C)C)cc1CN. The van der Waals surface area contributed by atoms with Crippen molar-refractivity contribution < 1.29 is 0 Å². The first-order chi connectivity index (χ1) is 5.95. The van der Waals surface area contributed by atoms with Crippen molar-refractivity contribution in [2.75, 3.05) is 0 Å². The quantitative estimate of drug-likeness (QED) is 0.711. The molecule has 0 amide bonds. The maximum atomic E-state index is 5.60. The second kappa shape index (κ2) is 3.42. The zero-order valence-corrected chi connectivity index (χ0v) is 8.76. The number of hydrogen-bond acceptors (Lipinski definition) is 3. The minimum Gasteiger partial charge on any atom is -0.326 e. The van der Waals surface area contributed by atoms with E-state index in [1.54, 1.807) is 0 Å². The number of nitrogens with two attached hydrogens (primary N) is 1. The molecule has 0 atom stereocenters. The average molecular weight is 179 g/mol. The molecule has 72 valence electrons. The van der Waals surface area contributed by atoms with Crippen molar-refractivity contribution in [3.8, 4) is 0 Å². The third kappa shape index (κ3) is 2.25. The van der Waals surface area contributed by atoms with E-state index in [4.69, 9.17) is 5.73 Å². The molecule has 1 rings (SSSR count). The molecule has 0 aliphatic carbocycles. The predicted molar refractivity (Wildman–Crippen MR) is 53.4 cm³/mol. The number of nitrogens with zero attached hydrogens (tertiary/aromatic N) is 2. The second-order valence-electron chi connectivity index (χ2n) is 4.29. The highest BCUT2D eigenvalue weighted by Crippen LogP contribution is 2.20. The average Bonchev–Trinajstić information content (AvgIpc) is 2.03. The first kappa shape index (κ1) is 10.1. The lowest BCUT2D eigenvalue weighted by Gasteiger charge is -2.17. The first-order valence-electron chi connectivity index (χ1n) is 4.49. The van der Waals surface area contributed by atoms with Gasteiger partial charge in [-0.05, 0) is 18.6 Å². The maximum Gasteiger partial charge on any atom is 0.0687 e. The lowest BCUT2D eigenvalue weighted by molar-refractivity contribution is 0.555. The summed E-state index contributed by atoms with van der Waals surface area (Å²) in [5.41, 5.74) is 8.65. The topological polar surface area (TPSA) is 51.8 Å². The van der Waals surface area contributed by atoms with Gasteiger partial charge in [0.15, 0.2) is 0 Å². The van der Waals surface area contributed by atoms with Gasteiger partial charge in [-0.1, -0.05) is 20.8 Å². The lowest BCUT2D eigenvalue weighted by Crippen LogP contribution is -2.16. The van der Waals surface area contributed by atoms with E-state index < -0.39 is 0 Å². The summed E-state index contributed by atoms with van der Waals surface area (Å²) in [5.74, 6) is 0. The Kier molecular flexibility index (Phi) is 2.66. The summed E-state index contributed by atoms with van der Waals surface area (Å²) in [6.07, 6.45) is 0. The van der Waals surface area contributed by atoms with Gasteiger partial charge < -0.3 is 5.73 Å². The van der Waals surface area contributed by atoms with Crippen LogP contribution in [0.15, 0.2) is 6.07 Å². The van der Waals surface area contributed by atoms with Crippen LogP contribution in [-0.4, -0.2) is 10.2 Å². The van der Waals surface area contributed by atoms with E-state index in [0.717, 1.165) is 17.0 Å². The molecule has 1 aromatic rings. The van der Waals surface area contributed by atoms with Gasteiger partial charge in [-0.3, -0.25) is 0 Å². The molecular formula is C10H17N3. The van der Waals surface area contributed by atoms with Gasteiger partial charge in [-0.25, -0.2) is 0 Å². The Morgan fingerprint density at radius 1 is 1.31 bits per heavy atom. The molecule has 3 nitrogen and oxygen atoms in total. The highest BCUT2D eigenvalue weighted by Gasteiger charge is 2.16. The molecule has 0 spiro atoms. The molecule has 0 aromatic carbocycles. The summed E-state index contributed by atoms with van der Waals surface area (Å²) in [6, 6.07) is 2.04. The third-order valence-electron chi connectivity index (χ3n) is 2.07. The van der Waals surface area contributed by atoms with Crippen LogP contribution in [0, 0.1) is 6.92 Å². The fraction of sp³-hybridized carbons (Fsp3) is 0.600. The molecule has 0 aliphatic heterocycles. The molecule has 1 aromatic heterocycles. The fourth-order valence-electron chi connectivity index (χ4n) is 1.06. The molecule has 0 saturated carbocycles. The summed E-state index contributed by atoms with van der Waals surface area (Å²) in [5, 5.41) is 8.24. The van der Waals surface area contributed by atoms with E-state index in [1.165, 1.54) is 0 Å². The van der Waals surface area contributed by atoms with Crippen molar-refractivity contribution in [3.05, 3.63) is 23.0 Å². The summed E-state index contributed by atoms with van der Waals surface area (Å²) in [6.45, 7) is 8.82. The van der Waals surface area contributed by atoms with Gasteiger partial charge in [-0.2, -0.15) is 10.2 Å². The number of aryl methyl sites for hydroxylation is 1. The van der Waals surface area contributed by atoms with Crippen LogP contribution in [0.2, 0.25) is 0 Å². The largest absolute Gasteiger partial charge is 0.326 e. The van der Waals surface area contributed by atoms with Crippen LogP contribution in [0.1, 0.15) is 37.7 Å². The summed E-state index contributed by atoms with van der Waals surface area (Å²) < 4.78 is 0. The van der Waals surface area contributed by atoms with Crippen molar-refractivity contribution in [2.24, 2.45) is 5.73 Å². The third-order valence-corrected chi connectivity index (χ3v) is 2.07. The molecule has 0 fully saturated rings. The number of aromatic nitrogens is 2. The van der Waals surface area contributed by atoms with Gasteiger partial charge in [-0.15, -0.1) is 0 Å². The van der Waals surface area contributed by atoms with Crippen LogP contribution in [-0.2, 0) is 12.0 Å². The van der Waals surface area contributed by atoms with Gasteiger partial charge in [0, 0.05) is 12.0 Å². The van der Waals surface area contributed by atoms with E-state index >= 15 is 0 Å². The highest BCUT2D eigenvalue weighted by molar-refractivity contribution is 5.23. The van der Waals surface area contributed by atoms with Gasteiger partial charge in [0.05, 0.1) is 11.4 Å². The zero-order valence-electron chi connectivity index (χ0n) is 8.76. The molecular weight excluding hydrogens is 162 g/mol. The van der Waals surface area contributed by atoms with Crippen LogP contribution in [0.25, 0.3) is 0 Å². The first-order valence-corrected chi connectivity index (χ1v) is 4.49. The van der Waals surface area contributed by atoms with E-state index in [0.29, 0.717) is 6.54 Å². The van der Waals surface area contributed by atoms with Crippen molar-refractivity contribution >= 4 is 0 Å². The van der Waals surface area contributed by atoms with E-state index in [2.05, 4.69) is 31.0 Å². The molecule has 3 heteroatoms. The van der Waals surface area contributed by atoms with E-state index in [-0.39, 0.29) is 5.41 Å². The van der Waals surface area contributed by atoms with Gasteiger partial charge in [0.1, 0.15) is 0 Å². The van der Waals surface area contributed by atoms with Crippen LogP contribution in [0.3, 0.4) is 0 Å². The smallest absolute Gasteiger partial charge is 0.0687 e. The monoisotopic (exact) mass is 179 g/mol. The van der Waals surface area contributed by atoms with Crippen molar-refractivity contribution in [3.63, 3.8) is 0 Å². The van der Waals surface area contributed by atoms with Crippen molar-refractivity contribution in [2.45, 2.75) is 39.7 Å². The van der Waals surface area contributed by atoms with Gasteiger partial charge in [0.2, 0.25) is 0 Å². The molecule has 0 bridgehead atoms. The Bertz CT molecular complexity index is 300. The zero-order chi connectivity index (χ0) is 10.1. The van der Waals surface area contributed by atoms with Crippen LogP contribution < -0.4 is 5.73 Å². The molecule has 1 heterocycles. The summed E-state index contributed by atoms with van der Waals surface area (Å²) in [4.78, 5) is 0. The van der Waals surface area contributed by atoms with E-state index in [9.17, 15) is 0 Å². The Hall–Kier alpha value is -0.960. The maximum absolute atomic E-state index is 5.60.